The highest BCUT2D eigenvalue weighted by atomic mass is 35.5. The Morgan fingerprint density at radius 1 is 0.950 bits per heavy atom. The SMILES string of the molecule is Cl.N[C@@H](c1cccc(Oc2ccccc2)c1)C1CCC1. The summed E-state index contributed by atoms with van der Waals surface area (Å²) in [7, 11) is 0. The topological polar surface area (TPSA) is 35.2 Å². The van der Waals surface area contributed by atoms with Crippen molar-refractivity contribution >= 4 is 12.4 Å². The van der Waals surface area contributed by atoms with Gasteiger partial charge in [0.2, 0.25) is 0 Å². The van der Waals surface area contributed by atoms with Gasteiger partial charge in [0.25, 0.3) is 0 Å². The van der Waals surface area contributed by atoms with Crippen LogP contribution in [0.25, 0.3) is 0 Å². The molecule has 3 heteroatoms. The normalized spacial score (nSPS) is 15.8. The van der Waals surface area contributed by atoms with Gasteiger partial charge in [-0.2, -0.15) is 0 Å². The molecule has 2 aromatic carbocycles. The van der Waals surface area contributed by atoms with Crippen LogP contribution in [-0.4, -0.2) is 0 Å². The standard InChI is InChI=1S/C17H19NO.ClH/c18-17(13-6-4-7-13)14-8-5-11-16(12-14)19-15-9-2-1-3-10-15;/h1-3,5,8-13,17H,4,6-7,18H2;1H/t17-;/m1./s1. The van der Waals surface area contributed by atoms with Crippen LogP contribution in [0.15, 0.2) is 54.6 Å². The first-order valence-corrected chi connectivity index (χ1v) is 6.91. The molecule has 0 radical (unpaired) electrons. The zero-order valence-electron chi connectivity index (χ0n) is 11.4. The number of hydrogen-bond acceptors (Lipinski definition) is 2. The summed E-state index contributed by atoms with van der Waals surface area (Å²) in [6, 6.07) is 18.1. The van der Waals surface area contributed by atoms with E-state index in [1.54, 1.807) is 0 Å². The van der Waals surface area contributed by atoms with E-state index in [9.17, 15) is 0 Å². The lowest BCUT2D eigenvalue weighted by molar-refractivity contribution is 0.264. The molecule has 2 N–H and O–H groups in total. The van der Waals surface area contributed by atoms with Crippen molar-refractivity contribution in [2.75, 3.05) is 0 Å². The van der Waals surface area contributed by atoms with Crippen molar-refractivity contribution in [3.05, 3.63) is 60.2 Å². The molecule has 1 atom stereocenters. The molecule has 1 fully saturated rings. The second-order valence-corrected chi connectivity index (χ2v) is 5.20. The van der Waals surface area contributed by atoms with Crippen LogP contribution in [-0.2, 0) is 0 Å². The van der Waals surface area contributed by atoms with Crippen LogP contribution in [0.2, 0.25) is 0 Å². The number of ether oxygens (including phenoxy) is 1. The fourth-order valence-electron chi connectivity index (χ4n) is 2.48. The highest BCUT2D eigenvalue weighted by Crippen LogP contribution is 2.37. The molecule has 2 aromatic rings. The fourth-order valence-corrected chi connectivity index (χ4v) is 2.48. The van der Waals surface area contributed by atoms with Crippen molar-refractivity contribution < 1.29 is 4.74 Å². The van der Waals surface area contributed by atoms with Crippen molar-refractivity contribution in [3.8, 4) is 11.5 Å². The molecule has 1 saturated carbocycles. The van der Waals surface area contributed by atoms with Crippen molar-refractivity contribution in [1.82, 2.24) is 0 Å². The smallest absolute Gasteiger partial charge is 0.127 e. The zero-order chi connectivity index (χ0) is 13.1. The molecule has 106 valence electrons. The predicted molar refractivity (Wildman–Crippen MR) is 84.5 cm³/mol. The van der Waals surface area contributed by atoms with E-state index in [2.05, 4.69) is 12.1 Å². The maximum Gasteiger partial charge on any atom is 0.127 e. The Labute approximate surface area is 126 Å². The number of rotatable bonds is 4. The monoisotopic (exact) mass is 289 g/mol. The van der Waals surface area contributed by atoms with Crippen LogP contribution in [0.5, 0.6) is 11.5 Å². The molecule has 1 aliphatic carbocycles. The van der Waals surface area contributed by atoms with Crippen molar-refractivity contribution in [3.63, 3.8) is 0 Å². The van der Waals surface area contributed by atoms with E-state index < -0.39 is 0 Å². The van der Waals surface area contributed by atoms with Gasteiger partial charge < -0.3 is 10.5 Å². The maximum absolute atomic E-state index is 6.31. The van der Waals surface area contributed by atoms with E-state index in [0.29, 0.717) is 5.92 Å². The lowest BCUT2D eigenvalue weighted by atomic mass is 9.77. The Bertz CT molecular complexity index is 540. The van der Waals surface area contributed by atoms with Crippen molar-refractivity contribution in [2.45, 2.75) is 25.3 Å². The average molecular weight is 290 g/mol. The predicted octanol–water partition coefficient (Wildman–Crippen LogP) is 4.70. The van der Waals surface area contributed by atoms with E-state index >= 15 is 0 Å². The van der Waals surface area contributed by atoms with Crippen LogP contribution >= 0.6 is 12.4 Å². The van der Waals surface area contributed by atoms with Crippen LogP contribution in [0.3, 0.4) is 0 Å². The fraction of sp³-hybridized carbons (Fsp3) is 0.294. The van der Waals surface area contributed by atoms with Gasteiger partial charge >= 0.3 is 0 Å². The van der Waals surface area contributed by atoms with E-state index in [1.807, 2.05) is 42.5 Å². The molecular weight excluding hydrogens is 270 g/mol. The Morgan fingerprint density at radius 2 is 1.65 bits per heavy atom. The number of benzene rings is 2. The number of nitrogens with two attached hydrogens (primary N) is 1. The molecule has 0 amide bonds. The highest BCUT2D eigenvalue weighted by Gasteiger charge is 2.25. The molecule has 0 aromatic heterocycles. The first kappa shape index (κ1) is 14.9. The average Bonchev–Trinajstić information content (AvgIpc) is 2.38. The number of halogens is 1. The summed E-state index contributed by atoms with van der Waals surface area (Å²) in [5.74, 6) is 2.36. The largest absolute Gasteiger partial charge is 0.457 e. The maximum atomic E-state index is 6.31. The minimum absolute atomic E-state index is 0. The summed E-state index contributed by atoms with van der Waals surface area (Å²) in [4.78, 5) is 0. The summed E-state index contributed by atoms with van der Waals surface area (Å²) in [5.41, 5.74) is 7.49. The summed E-state index contributed by atoms with van der Waals surface area (Å²) in [5, 5.41) is 0. The molecule has 0 aliphatic heterocycles. The zero-order valence-corrected chi connectivity index (χ0v) is 12.2. The van der Waals surface area contributed by atoms with E-state index in [1.165, 1.54) is 24.8 Å². The highest BCUT2D eigenvalue weighted by molar-refractivity contribution is 5.85. The molecule has 0 spiro atoms. The minimum Gasteiger partial charge on any atom is -0.457 e. The Kier molecular flexibility index (Phi) is 5.05. The third kappa shape index (κ3) is 3.33. The lowest BCUT2D eigenvalue weighted by Crippen LogP contribution is -2.26. The summed E-state index contributed by atoms with van der Waals surface area (Å²) in [6.45, 7) is 0. The third-order valence-corrected chi connectivity index (χ3v) is 3.88. The second kappa shape index (κ2) is 6.78. The van der Waals surface area contributed by atoms with Gasteiger partial charge in [-0.15, -0.1) is 12.4 Å². The van der Waals surface area contributed by atoms with Crippen LogP contribution < -0.4 is 10.5 Å². The summed E-state index contributed by atoms with van der Waals surface area (Å²) < 4.78 is 5.85. The summed E-state index contributed by atoms with van der Waals surface area (Å²) >= 11 is 0. The molecule has 0 unspecified atom stereocenters. The molecule has 0 heterocycles. The van der Waals surface area contributed by atoms with Crippen molar-refractivity contribution in [1.29, 1.82) is 0 Å². The number of hydrogen-bond donors (Lipinski definition) is 1. The van der Waals surface area contributed by atoms with E-state index in [-0.39, 0.29) is 18.4 Å². The van der Waals surface area contributed by atoms with Crippen LogP contribution in [0, 0.1) is 5.92 Å². The van der Waals surface area contributed by atoms with Gasteiger partial charge in [-0.25, -0.2) is 0 Å². The first-order valence-electron chi connectivity index (χ1n) is 6.91. The van der Waals surface area contributed by atoms with Gasteiger partial charge in [0, 0.05) is 6.04 Å². The lowest BCUT2D eigenvalue weighted by Gasteiger charge is -2.31. The Balaban J connectivity index is 0.00000147. The van der Waals surface area contributed by atoms with Gasteiger partial charge in [0.05, 0.1) is 0 Å². The van der Waals surface area contributed by atoms with Gasteiger partial charge in [0.15, 0.2) is 0 Å². The van der Waals surface area contributed by atoms with E-state index in [4.69, 9.17) is 10.5 Å². The van der Waals surface area contributed by atoms with E-state index in [0.717, 1.165) is 11.5 Å². The summed E-state index contributed by atoms with van der Waals surface area (Å²) in [6.07, 6.45) is 3.83. The Morgan fingerprint density at radius 3 is 2.30 bits per heavy atom. The van der Waals surface area contributed by atoms with Gasteiger partial charge in [0.1, 0.15) is 11.5 Å². The second-order valence-electron chi connectivity index (χ2n) is 5.20. The van der Waals surface area contributed by atoms with Gasteiger partial charge in [-0.3, -0.25) is 0 Å². The molecular formula is C17H20ClNO. The third-order valence-electron chi connectivity index (χ3n) is 3.88. The Hall–Kier alpha value is -1.51. The van der Waals surface area contributed by atoms with Crippen LogP contribution in [0.1, 0.15) is 30.9 Å². The van der Waals surface area contributed by atoms with Gasteiger partial charge in [-0.05, 0) is 48.6 Å². The van der Waals surface area contributed by atoms with Gasteiger partial charge in [-0.1, -0.05) is 36.8 Å². The quantitative estimate of drug-likeness (QED) is 0.885. The number of para-hydroxylation sites is 1. The van der Waals surface area contributed by atoms with Crippen molar-refractivity contribution in [2.24, 2.45) is 11.7 Å². The minimum atomic E-state index is 0. The molecule has 1 aliphatic rings. The molecule has 0 bridgehead atoms. The molecule has 0 saturated heterocycles. The molecule has 2 nitrogen and oxygen atoms in total. The molecule has 3 rings (SSSR count). The molecule has 20 heavy (non-hydrogen) atoms. The van der Waals surface area contributed by atoms with Crippen LogP contribution in [0.4, 0.5) is 0 Å². The first-order chi connectivity index (χ1) is 9.33.